The summed E-state index contributed by atoms with van der Waals surface area (Å²) in [7, 11) is 4.33. The van der Waals surface area contributed by atoms with Crippen molar-refractivity contribution in [3.63, 3.8) is 0 Å². The number of rotatable bonds is 2. The number of carbonyl (C=O) groups is 2. The SMILES string of the molecule is COC(=O)Nn1c(OC(=O)N(C)C)nc2ccccc21. The normalized spacial score (nSPS) is 10.2. The van der Waals surface area contributed by atoms with Crippen molar-refractivity contribution in [1.82, 2.24) is 14.6 Å². The first-order valence-electron chi connectivity index (χ1n) is 5.74. The zero-order valence-corrected chi connectivity index (χ0v) is 11.3. The molecule has 2 rings (SSSR count). The van der Waals surface area contributed by atoms with Gasteiger partial charge in [0.05, 0.1) is 18.1 Å². The summed E-state index contributed by atoms with van der Waals surface area (Å²) in [4.78, 5) is 28.4. The Morgan fingerprint density at radius 2 is 2.00 bits per heavy atom. The maximum absolute atomic E-state index is 11.6. The molecule has 1 heterocycles. The number of hydrogen-bond acceptors (Lipinski definition) is 5. The van der Waals surface area contributed by atoms with E-state index in [1.807, 2.05) is 0 Å². The predicted octanol–water partition coefficient (Wildman–Crippen LogP) is 1.41. The molecule has 1 aromatic heterocycles. The first-order valence-corrected chi connectivity index (χ1v) is 5.74. The molecule has 0 aliphatic heterocycles. The molecular weight excluding hydrogens is 264 g/mol. The van der Waals surface area contributed by atoms with Crippen molar-refractivity contribution in [2.45, 2.75) is 0 Å². The van der Waals surface area contributed by atoms with E-state index in [2.05, 4.69) is 15.1 Å². The molecule has 0 aliphatic carbocycles. The molecule has 0 aliphatic rings. The number of nitrogens with zero attached hydrogens (tertiary/aromatic N) is 3. The first kappa shape index (κ1) is 13.7. The quantitative estimate of drug-likeness (QED) is 0.897. The van der Waals surface area contributed by atoms with Gasteiger partial charge in [-0.05, 0) is 12.1 Å². The summed E-state index contributed by atoms with van der Waals surface area (Å²) in [6, 6.07) is 6.98. The number of para-hydroxylation sites is 2. The Kier molecular flexibility index (Phi) is 3.74. The van der Waals surface area contributed by atoms with Crippen LogP contribution in [0.2, 0.25) is 0 Å². The summed E-state index contributed by atoms with van der Waals surface area (Å²) in [6.45, 7) is 0. The summed E-state index contributed by atoms with van der Waals surface area (Å²) >= 11 is 0. The van der Waals surface area contributed by atoms with E-state index in [1.165, 1.54) is 16.7 Å². The Morgan fingerprint density at radius 3 is 2.65 bits per heavy atom. The third kappa shape index (κ3) is 2.63. The third-order valence-corrected chi connectivity index (χ3v) is 2.46. The van der Waals surface area contributed by atoms with Crippen LogP contribution < -0.4 is 10.2 Å². The zero-order valence-electron chi connectivity index (χ0n) is 11.3. The fourth-order valence-corrected chi connectivity index (χ4v) is 1.49. The molecule has 8 heteroatoms. The van der Waals surface area contributed by atoms with Gasteiger partial charge in [-0.2, -0.15) is 9.66 Å². The number of fused-ring (bicyclic) bond motifs is 1. The van der Waals surface area contributed by atoms with Gasteiger partial charge < -0.3 is 14.4 Å². The van der Waals surface area contributed by atoms with Crippen molar-refractivity contribution >= 4 is 23.2 Å². The van der Waals surface area contributed by atoms with Crippen LogP contribution in [0.1, 0.15) is 0 Å². The number of imidazole rings is 1. The van der Waals surface area contributed by atoms with Crippen molar-refractivity contribution in [3.05, 3.63) is 24.3 Å². The average molecular weight is 278 g/mol. The molecule has 2 amide bonds. The maximum Gasteiger partial charge on any atom is 0.426 e. The van der Waals surface area contributed by atoms with Gasteiger partial charge in [-0.25, -0.2) is 15.0 Å². The topological polar surface area (TPSA) is 85.7 Å². The highest BCUT2D eigenvalue weighted by Crippen LogP contribution is 2.20. The van der Waals surface area contributed by atoms with Gasteiger partial charge in [-0.3, -0.25) is 0 Å². The average Bonchev–Trinajstić information content (AvgIpc) is 2.76. The summed E-state index contributed by atoms with van der Waals surface area (Å²) in [5, 5.41) is 0. The van der Waals surface area contributed by atoms with Crippen LogP contribution >= 0.6 is 0 Å². The highest BCUT2D eigenvalue weighted by Gasteiger charge is 2.18. The summed E-state index contributed by atoms with van der Waals surface area (Å²) < 4.78 is 10.9. The Bertz CT molecular complexity index is 650. The van der Waals surface area contributed by atoms with E-state index in [9.17, 15) is 9.59 Å². The van der Waals surface area contributed by atoms with Crippen LogP contribution in [-0.4, -0.2) is 48.0 Å². The highest BCUT2D eigenvalue weighted by molar-refractivity contribution is 5.83. The minimum atomic E-state index is -0.699. The van der Waals surface area contributed by atoms with Gasteiger partial charge in [0.1, 0.15) is 0 Å². The number of methoxy groups -OCH3 is 1. The Hall–Kier alpha value is -2.77. The lowest BCUT2D eigenvalue weighted by molar-refractivity contribution is 0.164. The lowest BCUT2D eigenvalue weighted by atomic mass is 10.3. The van der Waals surface area contributed by atoms with Crippen LogP contribution in [0, 0.1) is 0 Å². The third-order valence-electron chi connectivity index (χ3n) is 2.46. The van der Waals surface area contributed by atoms with E-state index in [-0.39, 0.29) is 6.01 Å². The van der Waals surface area contributed by atoms with Gasteiger partial charge in [0, 0.05) is 14.1 Å². The number of benzene rings is 1. The number of amides is 2. The molecule has 0 saturated heterocycles. The summed E-state index contributed by atoms with van der Waals surface area (Å²) in [5.74, 6) is 0. The van der Waals surface area contributed by atoms with Crippen LogP contribution in [0.3, 0.4) is 0 Å². The van der Waals surface area contributed by atoms with Gasteiger partial charge in [-0.15, -0.1) is 0 Å². The molecule has 8 nitrogen and oxygen atoms in total. The first-order chi connectivity index (χ1) is 9.52. The van der Waals surface area contributed by atoms with Crippen molar-refractivity contribution in [1.29, 1.82) is 0 Å². The fraction of sp³-hybridized carbons (Fsp3) is 0.250. The Morgan fingerprint density at radius 1 is 1.30 bits per heavy atom. The van der Waals surface area contributed by atoms with Crippen molar-refractivity contribution in [3.8, 4) is 6.01 Å². The number of aromatic nitrogens is 2. The van der Waals surface area contributed by atoms with Gasteiger partial charge >= 0.3 is 18.2 Å². The molecular formula is C12H14N4O4. The minimum absolute atomic E-state index is 0.0460. The number of nitrogens with one attached hydrogen (secondary N) is 1. The molecule has 0 radical (unpaired) electrons. The van der Waals surface area contributed by atoms with Crippen molar-refractivity contribution < 1.29 is 19.1 Å². The molecule has 0 atom stereocenters. The molecule has 0 bridgehead atoms. The molecule has 0 fully saturated rings. The van der Waals surface area contributed by atoms with E-state index >= 15 is 0 Å². The molecule has 20 heavy (non-hydrogen) atoms. The molecule has 0 spiro atoms. The highest BCUT2D eigenvalue weighted by atomic mass is 16.6. The van der Waals surface area contributed by atoms with Crippen LogP contribution in [0.4, 0.5) is 9.59 Å². The lowest BCUT2D eigenvalue weighted by Crippen LogP contribution is -2.29. The van der Waals surface area contributed by atoms with E-state index in [4.69, 9.17) is 4.74 Å². The van der Waals surface area contributed by atoms with Gasteiger partial charge in [0.15, 0.2) is 0 Å². The zero-order chi connectivity index (χ0) is 14.7. The van der Waals surface area contributed by atoms with Crippen LogP contribution in [-0.2, 0) is 4.74 Å². The molecule has 0 unspecified atom stereocenters. The second-order valence-electron chi connectivity index (χ2n) is 4.08. The van der Waals surface area contributed by atoms with E-state index in [0.29, 0.717) is 11.0 Å². The van der Waals surface area contributed by atoms with Gasteiger partial charge in [0.2, 0.25) is 0 Å². The van der Waals surface area contributed by atoms with E-state index in [1.54, 1.807) is 38.4 Å². The number of carbonyl (C=O) groups excluding carboxylic acids is 2. The predicted molar refractivity (Wildman–Crippen MR) is 71.2 cm³/mol. The van der Waals surface area contributed by atoms with E-state index in [0.717, 1.165) is 0 Å². The number of ether oxygens (including phenoxy) is 2. The summed E-state index contributed by atoms with van der Waals surface area (Å²) in [6.07, 6.45) is -1.30. The van der Waals surface area contributed by atoms with Gasteiger partial charge in [0.25, 0.3) is 0 Å². The molecule has 1 aromatic carbocycles. The maximum atomic E-state index is 11.6. The van der Waals surface area contributed by atoms with Crippen LogP contribution in [0.25, 0.3) is 11.0 Å². The Balaban J connectivity index is 2.43. The standard InChI is InChI=1S/C12H14N4O4/c1-15(2)12(18)20-10-13-8-6-4-5-7-9(8)16(10)14-11(17)19-3/h4-7H,1-3H3,(H,14,17). The largest absolute Gasteiger partial charge is 0.452 e. The Labute approximate surface area is 114 Å². The lowest BCUT2D eigenvalue weighted by Gasteiger charge is -2.12. The smallest absolute Gasteiger partial charge is 0.426 e. The number of hydrogen-bond donors (Lipinski definition) is 1. The van der Waals surface area contributed by atoms with Crippen molar-refractivity contribution in [2.24, 2.45) is 0 Å². The second-order valence-corrected chi connectivity index (χ2v) is 4.08. The monoisotopic (exact) mass is 278 g/mol. The van der Waals surface area contributed by atoms with Crippen LogP contribution in [0.5, 0.6) is 6.01 Å². The summed E-state index contributed by atoms with van der Waals surface area (Å²) in [5.41, 5.74) is 3.58. The molecule has 2 aromatic rings. The molecule has 1 N–H and O–H groups in total. The van der Waals surface area contributed by atoms with Crippen molar-refractivity contribution in [2.75, 3.05) is 26.6 Å². The minimum Gasteiger partial charge on any atom is -0.452 e. The van der Waals surface area contributed by atoms with Gasteiger partial charge in [-0.1, -0.05) is 12.1 Å². The van der Waals surface area contributed by atoms with Crippen LogP contribution in [0.15, 0.2) is 24.3 Å². The second kappa shape index (κ2) is 5.47. The van der Waals surface area contributed by atoms with E-state index < -0.39 is 12.2 Å². The molecule has 0 saturated carbocycles. The molecule has 106 valence electrons. The fourth-order valence-electron chi connectivity index (χ4n) is 1.49.